The number of tetrazole rings is 1. The summed E-state index contributed by atoms with van der Waals surface area (Å²) in [6, 6.07) is 13.0. The Hall–Kier alpha value is -3.51. The van der Waals surface area contributed by atoms with E-state index in [0.29, 0.717) is 24.5 Å². The lowest BCUT2D eigenvalue weighted by Crippen LogP contribution is -2.32. The normalized spacial score (nSPS) is 15.0. The first-order valence-electron chi connectivity index (χ1n) is 11.0. The van der Waals surface area contributed by atoms with E-state index in [-0.39, 0.29) is 10.6 Å². The molecule has 4 rings (SSSR count). The smallest absolute Gasteiger partial charge is 0.368 e. The Morgan fingerprint density at radius 1 is 1.03 bits per heavy atom. The number of carbonyl (C=O) groups excluding carboxylic acids is 1. The van der Waals surface area contributed by atoms with Crippen molar-refractivity contribution in [2.24, 2.45) is 0 Å². The monoisotopic (exact) mass is 486 g/mol. The van der Waals surface area contributed by atoms with E-state index >= 15 is 0 Å². The molecule has 11 nitrogen and oxygen atoms in total. The molecule has 1 aliphatic heterocycles. The maximum Gasteiger partial charge on any atom is 0.368 e. The van der Waals surface area contributed by atoms with Crippen molar-refractivity contribution in [3.05, 3.63) is 59.0 Å². The molecule has 3 aromatic rings. The molecule has 1 aliphatic rings. The Kier molecular flexibility index (Phi) is 7.08. The van der Waals surface area contributed by atoms with Crippen LogP contribution in [0.5, 0.6) is 5.75 Å². The molecule has 0 bridgehead atoms. The first-order valence-corrected chi connectivity index (χ1v) is 12.4. The predicted molar refractivity (Wildman–Crippen MR) is 124 cm³/mol. The van der Waals surface area contributed by atoms with Crippen molar-refractivity contribution in [1.29, 1.82) is 0 Å². The highest BCUT2D eigenvalue weighted by atomic mass is 32.2. The van der Waals surface area contributed by atoms with Gasteiger partial charge < -0.3 is 10.1 Å². The lowest BCUT2D eigenvalue weighted by Gasteiger charge is -2.21. The minimum absolute atomic E-state index is 0.0673. The van der Waals surface area contributed by atoms with Crippen LogP contribution in [0.4, 0.5) is 5.69 Å². The third kappa shape index (κ3) is 5.02. The molecule has 1 saturated heterocycles. The number of para-hydroxylation sites is 1. The number of benzene rings is 2. The highest BCUT2D eigenvalue weighted by Gasteiger charge is 2.26. The van der Waals surface area contributed by atoms with E-state index in [1.807, 2.05) is 0 Å². The molecular formula is C22H26N6O5S. The topological polar surface area (TPSA) is 128 Å². The zero-order chi connectivity index (χ0) is 24.1. The second kappa shape index (κ2) is 10.2. The van der Waals surface area contributed by atoms with Gasteiger partial charge in [-0.15, -0.1) is 0 Å². The third-order valence-electron chi connectivity index (χ3n) is 5.58. The molecule has 180 valence electrons. The second-order valence-corrected chi connectivity index (χ2v) is 9.83. The van der Waals surface area contributed by atoms with E-state index in [4.69, 9.17) is 4.74 Å². The number of carbonyl (C=O) groups is 1. The summed E-state index contributed by atoms with van der Waals surface area (Å²) >= 11 is 0. The summed E-state index contributed by atoms with van der Waals surface area (Å²) in [4.78, 5) is 25.3. The van der Waals surface area contributed by atoms with Gasteiger partial charge in [-0.05, 0) is 53.6 Å². The zero-order valence-electron chi connectivity index (χ0n) is 18.8. The minimum Gasteiger partial charge on any atom is -0.495 e. The Labute approximate surface area is 197 Å². The van der Waals surface area contributed by atoms with Gasteiger partial charge in [-0.1, -0.05) is 31.0 Å². The fourth-order valence-corrected chi connectivity index (χ4v) is 5.35. The van der Waals surface area contributed by atoms with Gasteiger partial charge in [0.25, 0.3) is 0 Å². The van der Waals surface area contributed by atoms with E-state index in [1.54, 1.807) is 30.3 Å². The number of methoxy groups -OCH3 is 1. The van der Waals surface area contributed by atoms with Crippen LogP contribution < -0.4 is 15.7 Å². The second-order valence-electron chi connectivity index (χ2n) is 7.90. The van der Waals surface area contributed by atoms with Gasteiger partial charge in [0.1, 0.15) is 12.3 Å². The molecule has 1 fully saturated rings. The summed E-state index contributed by atoms with van der Waals surface area (Å²) in [6.45, 7) is 0.532. The fraction of sp³-hybridized carbons (Fsp3) is 0.364. The van der Waals surface area contributed by atoms with Crippen molar-refractivity contribution >= 4 is 21.6 Å². The number of nitrogens with one attached hydrogen (secondary N) is 1. The quantitative estimate of drug-likeness (QED) is 0.538. The van der Waals surface area contributed by atoms with Crippen LogP contribution in [-0.4, -0.2) is 58.6 Å². The number of rotatable bonds is 7. The molecule has 0 atom stereocenters. The third-order valence-corrected chi connectivity index (χ3v) is 7.48. The molecular weight excluding hydrogens is 460 g/mol. The average molecular weight is 487 g/mol. The van der Waals surface area contributed by atoms with E-state index in [9.17, 15) is 18.0 Å². The van der Waals surface area contributed by atoms with Gasteiger partial charge in [-0.25, -0.2) is 13.2 Å². The zero-order valence-corrected chi connectivity index (χ0v) is 19.6. The number of aromatic nitrogens is 4. The van der Waals surface area contributed by atoms with Gasteiger partial charge >= 0.3 is 5.69 Å². The molecule has 0 saturated carbocycles. The molecule has 1 N–H and O–H groups in total. The van der Waals surface area contributed by atoms with Gasteiger partial charge in [0.15, 0.2) is 0 Å². The van der Waals surface area contributed by atoms with Crippen LogP contribution in [0.15, 0.2) is 58.2 Å². The van der Waals surface area contributed by atoms with E-state index in [0.717, 1.165) is 35.0 Å². The van der Waals surface area contributed by atoms with Crippen LogP contribution in [0.1, 0.15) is 25.7 Å². The van der Waals surface area contributed by atoms with Crippen molar-refractivity contribution < 1.29 is 17.9 Å². The van der Waals surface area contributed by atoms with E-state index in [2.05, 4.69) is 15.7 Å². The SMILES string of the molecule is COc1ccc(S(=O)(=O)N2CCCCCC2)cc1NC(=O)Cn1nnn(-c2ccccc2)c1=O. The Morgan fingerprint density at radius 3 is 2.41 bits per heavy atom. The summed E-state index contributed by atoms with van der Waals surface area (Å²) in [5.41, 5.74) is 0.130. The molecule has 1 amide bonds. The first-order chi connectivity index (χ1) is 16.4. The summed E-state index contributed by atoms with van der Waals surface area (Å²) in [5.74, 6) is -0.284. The molecule has 0 aliphatic carbocycles. The van der Waals surface area contributed by atoms with Crippen molar-refractivity contribution in [3.63, 3.8) is 0 Å². The number of sulfonamides is 1. The van der Waals surface area contributed by atoms with Gasteiger partial charge in [0.05, 0.1) is 23.4 Å². The van der Waals surface area contributed by atoms with Crippen molar-refractivity contribution in [2.75, 3.05) is 25.5 Å². The van der Waals surface area contributed by atoms with Crippen LogP contribution in [0, 0.1) is 0 Å². The van der Waals surface area contributed by atoms with Crippen molar-refractivity contribution in [2.45, 2.75) is 37.1 Å². The van der Waals surface area contributed by atoms with Crippen LogP contribution in [0.2, 0.25) is 0 Å². The van der Waals surface area contributed by atoms with E-state index < -0.39 is 28.2 Å². The summed E-state index contributed by atoms with van der Waals surface area (Å²) < 4.78 is 35.1. The predicted octanol–water partition coefficient (Wildman–Crippen LogP) is 1.64. The average Bonchev–Trinajstić information content (AvgIpc) is 3.03. The number of nitrogens with zero attached hydrogens (tertiary/aromatic N) is 5. The molecule has 1 aromatic heterocycles. The number of hydrogen-bond donors (Lipinski definition) is 1. The highest BCUT2D eigenvalue weighted by Crippen LogP contribution is 2.29. The van der Waals surface area contributed by atoms with Gasteiger partial charge in [0, 0.05) is 13.1 Å². The lowest BCUT2D eigenvalue weighted by atomic mass is 10.2. The summed E-state index contributed by atoms with van der Waals surface area (Å²) in [7, 11) is -2.30. The number of ether oxygens (including phenoxy) is 1. The summed E-state index contributed by atoms with van der Waals surface area (Å²) in [6.07, 6.45) is 3.64. The Balaban J connectivity index is 1.54. The van der Waals surface area contributed by atoms with Crippen molar-refractivity contribution in [1.82, 2.24) is 24.1 Å². The van der Waals surface area contributed by atoms with Crippen LogP contribution in [-0.2, 0) is 21.4 Å². The number of anilines is 1. The molecule has 12 heteroatoms. The van der Waals surface area contributed by atoms with Crippen molar-refractivity contribution in [3.8, 4) is 11.4 Å². The largest absolute Gasteiger partial charge is 0.495 e. The van der Waals surface area contributed by atoms with Gasteiger partial charge in [-0.2, -0.15) is 13.7 Å². The van der Waals surface area contributed by atoms with Crippen LogP contribution >= 0.6 is 0 Å². The Morgan fingerprint density at radius 2 is 1.74 bits per heavy atom. The van der Waals surface area contributed by atoms with Crippen LogP contribution in [0.3, 0.4) is 0 Å². The molecule has 0 radical (unpaired) electrons. The fourth-order valence-electron chi connectivity index (χ4n) is 3.81. The van der Waals surface area contributed by atoms with Gasteiger partial charge in [-0.3, -0.25) is 4.79 Å². The maximum atomic E-state index is 13.2. The maximum absolute atomic E-state index is 13.2. The molecule has 34 heavy (non-hydrogen) atoms. The first kappa shape index (κ1) is 23.6. The molecule has 2 heterocycles. The highest BCUT2D eigenvalue weighted by molar-refractivity contribution is 7.89. The van der Waals surface area contributed by atoms with Crippen LogP contribution in [0.25, 0.3) is 5.69 Å². The standard InChI is InChI=1S/C22H26N6O5S/c1-33-20-12-11-18(34(31,32)26-13-7-2-3-8-14-26)15-19(20)23-21(29)16-27-22(30)28(25-24-27)17-9-5-4-6-10-17/h4-6,9-12,15H,2-3,7-8,13-14,16H2,1H3,(H,23,29). The van der Waals surface area contributed by atoms with E-state index in [1.165, 1.54) is 29.6 Å². The molecule has 0 unspecified atom stereocenters. The number of amides is 1. The lowest BCUT2D eigenvalue weighted by molar-refractivity contribution is -0.117. The summed E-state index contributed by atoms with van der Waals surface area (Å²) in [5, 5.41) is 10.2. The molecule has 0 spiro atoms. The number of hydrogen-bond acceptors (Lipinski definition) is 7. The minimum atomic E-state index is -3.72. The molecule has 2 aromatic carbocycles. The van der Waals surface area contributed by atoms with Gasteiger partial charge in [0.2, 0.25) is 15.9 Å². The Bertz CT molecular complexity index is 1310.